The molecule has 0 saturated carbocycles. The van der Waals surface area contributed by atoms with Gasteiger partial charge in [-0.15, -0.1) is 0 Å². The fraction of sp³-hybridized carbons (Fsp3) is 0.143. The monoisotopic (exact) mass is 421 g/mol. The maximum Gasteiger partial charge on any atom is 0.263 e. The SMILES string of the molecule is COc1cccc(OCC(=O)Nc2cc(-c3ccco3)nn2-c2nc(C)cc(=O)[nH]2)c1. The third-order valence-electron chi connectivity index (χ3n) is 4.22. The molecular formula is C21H19N5O5. The Balaban J connectivity index is 1.58. The van der Waals surface area contributed by atoms with Crippen molar-refractivity contribution in [1.82, 2.24) is 19.7 Å². The number of hydrogen-bond acceptors (Lipinski definition) is 7. The van der Waals surface area contributed by atoms with Crippen LogP contribution in [0.4, 0.5) is 5.82 Å². The highest BCUT2D eigenvalue weighted by Crippen LogP contribution is 2.24. The summed E-state index contributed by atoms with van der Waals surface area (Å²) in [5.41, 5.74) is 0.627. The van der Waals surface area contributed by atoms with E-state index in [9.17, 15) is 9.59 Å². The van der Waals surface area contributed by atoms with Gasteiger partial charge in [0, 0.05) is 23.9 Å². The van der Waals surface area contributed by atoms with Crippen LogP contribution < -0.4 is 20.3 Å². The molecule has 10 nitrogen and oxygen atoms in total. The van der Waals surface area contributed by atoms with Gasteiger partial charge in [-0.3, -0.25) is 14.6 Å². The van der Waals surface area contributed by atoms with E-state index in [2.05, 4.69) is 20.4 Å². The Kier molecular flexibility index (Phi) is 5.52. The normalized spacial score (nSPS) is 10.6. The number of rotatable bonds is 7. The number of aromatic amines is 1. The van der Waals surface area contributed by atoms with Crippen molar-refractivity contribution >= 4 is 11.7 Å². The van der Waals surface area contributed by atoms with Gasteiger partial charge in [-0.2, -0.15) is 9.78 Å². The van der Waals surface area contributed by atoms with Crippen LogP contribution in [0.15, 0.2) is 64.0 Å². The van der Waals surface area contributed by atoms with Gasteiger partial charge in [0.05, 0.1) is 13.4 Å². The highest BCUT2D eigenvalue weighted by atomic mass is 16.5. The Morgan fingerprint density at radius 3 is 2.77 bits per heavy atom. The number of ether oxygens (including phenoxy) is 2. The Morgan fingerprint density at radius 2 is 2.03 bits per heavy atom. The van der Waals surface area contributed by atoms with Gasteiger partial charge in [0.15, 0.2) is 12.4 Å². The molecule has 2 N–H and O–H groups in total. The average Bonchev–Trinajstić information content (AvgIpc) is 3.42. The number of aryl methyl sites for hydroxylation is 1. The number of carbonyl (C=O) groups is 1. The van der Waals surface area contributed by atoms with Crippen molar-refractivity contribution in [3.05, 3.63) is 70.8 Å². The summed E-state index contributed by atoms with van der Waals surface area (Å²) in [5.74, 6) is 1.63. The lowest BCUT2D eigenvalue weighted by atomic mass is 10.3. The van der Waals surface area contributed by atoms with Crippen LogP contribution in [0.1, 0.15) is 5.69 Å². The molecule has 0 spiro atoms. The van der Waals surface area contributed by atoms with E-state index in [-0.39, 0.29) is 18.1 Å². The van der Waals surface area contributed by atoms with E-state index in [1.54, 1.807) is 56.5 Å². The molecule has 0 saturated heterocycles. The Labute approximate surface area is 176 Å². The highest BCUT2D eigenvalue weighted by Gasteiger charge is 2.17. The zero-order valence-electron chi connectivity index (χ0n) is 16.8. The minimum absolute atomic E-state index is 0.159. The predicted octanol–water partition coefficient (Wildman–Crippen LogP) is 2.55. The first-order valence-electron chi connectivity index (χ1n) is 9.31. The molecule has 1 amide bonds. The molecule has 0 aliphatic carbocycles. The van der Waals surface area contributed by atoms with Crippen molar-refractivity contribution < 1.29 is 18.7 Å². The number of hydrogen-bond donors (Lipinski definition) is 2. The third kappa shape index (κ3) is 4.64. The van der Waals surface area contributed by atoms with Crippen LogP contribution in [-0.4, -0.2) is 39.4 Å². The molecule has 3 heterocycles. The minimum Gasteiger partial charge on any atom is -0.497 e. The van der Waals surface area contributed by atoms with Crippen LogP contribution in [0.5, 0.6) is 11.5 Å². The standard InChI is InChI=1S/C21H19N5O5/c1-13-9-19(27)24-21(22-13)26-18(11-16(25-26)17-7-4-8-30-17)23-20(28)12-31-15-6-3-5-14(10-15)29-2/h3-11H,12H2,1-2H3,(H,23,28)(H,22,24,27). The lowest BCUT2D eigenvalue weighted by Crippen LogP contribution is -2.23. The maximum absolute atomic E-state index is 12.5. The summed E-state index contributed by atoms with van der Waals surface area (Å²) in [6.45, 7) is 1.45. The van der Waals surface area contributed by atoms with Crippen molar-refractivity contribution in [3.8, 4) is 28.9 Å². The van der Waals surface area contributed by atoms with Crippen molar-refractivity contribution in [1.29, 1.82) is 0 Å². The predicted molar refractivity (Wildman–Crippen MR) is 112 cm³/mol. The van der Waals surface area contributed by atoms with E-state index in [1.165, 1.54) is 17.0 Å². The molecule has 0 bridgehead atoms. The van der Waals surface area contributed by atoms with Crippen molar-refractivity contribution in [3.63, 3.8) is 0 Å². The molecule has 31 heavy (non-hydrogen) atoms. The van der Waals surface area contributed by atoms with Crippen molar-refractivity contribution in [2.24, 2.45) is 0 Å². The summed E-state index contributed by atoms with van der Waals surface area (Å²) >= 11 is 0. The number of benzene rings is 1. The first-order chi connectivity index (χ1) is 15.0. The minimum atomic E-state index is -0.426. The summed E-state index contributed by atoms with van der Waals surface area (Å²) in [4.78, 5) is 31.3. The molecule has 1 aromatic carbocycles. The Morgan fingerprint density at radius 1 is 1.19 bits per heavy atom. The molecular weight excluding hydrogens is 402 g/mol. The molecule has 3 aromatic heterocycles. The summed E-state index contributed by atoms with van der Waals surface area (Å²) < 4.78 is 17.4. The summed E-state index contributed by atoms with van der Waals surface area (Å²) in [7, 11) is 1.55. The lowest BCUT2D eigenvalue weighted by Gasteiger charge is -2.10. The van der Waals surface area contributed by atoms with Gasteiger partial charge < -0.3 is 19.2 Å². The molecule has 0 fully saturated rings. The quantitative estimate of drug-likeness (QED) is 0.470. The van der Waals surface area contributed by atoms with E-state index in [4.69, 9.17) is 13.9 Å². The lowest BCUT2D eigenvalue weighted by molar-refractivity contribution is -0.118. The zero-order chi connectivity index (χ0) is 21.8. The second-order valence-electron chi connectivity index (χ2n) is 6.53. The van der Waals surface area contributed by atoms with Gasteiger partial charge in [-0.1, -0.05) is 6.07 Å². The number of carbonyl (C=O) groups excluding carboxylic acids is 1. The second-order valence-corrected chi connectivity index (χ2v) is 6.53. The molecule has 10 heteroatoms. The Hall–Kier alpha value is -4.34. The second kappa shape index (κ2) is 8.57. The first-order valence-corrected chi connectivity index (χ1v) is 9.31. The van der Waals surface area contributed by atoms with E-state index in [0.29, 0.717) is 34.5 Å². The summed E-state index contributed by atoms with van der Waals surface area (Å²) in [6, 6.07) is 13.4. The fourth-order valence-electron chi connectivity index (χ4n) is 2.86. The van der Waals surface area contributed by atoms with Gasteiger partial charge >= 0.3 is 0 Å². The number of methoxy groups -OCH3 is 1. The summed E-state index contributed by atoms with van der Waals surface area (Å²) in [6.07, 6.45) is 1.52. The Bertz CT molecular complexity index is 1260. The summed E-state index contributed by atoms with van der Waals surface area (Å²) in [5, 5.41) is 7.15. The number of nitrogens with zero attached hydrogens (tertiary/aromatic N) is 3. The highest BCUT2D eigenvalue weighted by molar-refractivity contribution is 5.91. The number of H-pyrrole nitrogens is 1. The van der Waals surface area contributed by atoms with Crippen LogP contribution in [0.3, 0.4) is 0 Å². The molecule has 0 radical (unpaired) electrons. The molecule has 0 aliphatic heterocycles. The van der Waals surface area contributed by atoms with E-state index >= 15 is 0 Å². The molecule has 0 unspecified atom stereocenters. The van der Waals surface area contributed by atoms with Gasteiger partial charge in [0.1, 0.15) is 23.0 Å². The van der Waals surface area contributed by atoms with Crippen molar-refractivity contribution in [2.75, 3.05) is 19.0 Å². The van der Waals surface area contributed by atoms with E-state index in [0.717, 1.165) is 0 Å². The fourth-order valence-corrected chi connectivity index (χ4v) is 2.86. The number of furan rings is 1. The van der Waals surface area contributed by atoms with Gasteiger partial charge in [0.25, 0.3) is 11.5 Å². The molecule has 4 rings (SSSR count). The van der Waals surface area contributed by atoms with Crippen LogP contribution in [0.2, 0.25) is 0 Å². The topological polar surface area (TPSA) is 124 Å². The van der Waals surface area contributed by atoms with Crippen LogP contribution >= 0.6 is 0 Å². The van der Waals surface area contributed by atoms with Gasteiger partial charge in [-0.05, 0) is 31.2 Å². The number of anilines is 1. The van der Waals surface area contributed by atoms with Crippen molar-refractivity contribution in [2.45, 2.75) is 6.92 Å². The maximum atomic E-state index is 12.5. The van der Waals surface area contributed by atoms with Crippen LogP contribution in [-0.2, 0) is 4.79 Å². The molecule has 0 atom stereocenters. The first kappa shape index (κ1) is 20.0. The van der Waals surface area contributed by atoms with E-state index in [1.807, 2.05) is 0 Å². The van der Waals surface area contributed by atoms with Gasteiger partial charge in [-0.25, -0.2) is 4.98 Å². The van der Waals surface area contributed by atoms with Crippen LogP contribution in [0, 0.1) is 6.92 Å². The smallest absolute Gasteiger partial charge is 0.263 e. The molecule has 158 valence electrons. The third-order valence-corrected chi connectivity index (χ3v) is 4.22. The number of nitrogens with one attached hydrogen (secondary N) is 2. The number of amides is 1. The molecule has 4 aromatic rings. The number of aromatic nitrogens is 4. The van der Waals surface area contributed by atoms with E-state index < -0.39 is 5.91 Å². The average molecular weight is 421 g/mol. The zero-order valence-corrected chi connectivity index (χ0v) is 16.8. The van der Waals surface area contributed by atoms with Gasteiger partial charge in [0.2, 0.25) is 5.95 Å². The van der Waals surface area contributed by atoms with Crippen LogP contribution in [0.25, 0.3) is 17.4 Å². The largest absolute Gasteiger partial charge is 0.497 e. The molecule has 0 aliphatic rings.